The third-order valence-corrected chi connectivity index (χ3v) is 9.50. The van der Waals surface area contributed by atoms with Crippen LogP contribution < -0.4 is 0 Å². The van der Waals surface area contributed by atoms with Crippen LogP contribution in [0.4, 0.5) is 0 Å². The van der Waals surface area contributed by atoms with E-state index in [2.05, 4.69) is 36.0 Å². The average molecular weight is 694 g/mol. The predicted molar refractivity (Wildman–Crippen MR) is 197 cm³/mol. The highest BCUT2D eigenvalue weighted by Gasteiger charge is 2.43. The zero-order chi connectivity index (χ0) is 35.7. The van der Waals surface area contributed by atoms with E-state index in [1.165, 1.54) is 0 Å². The van der Waals surface area contributed by atoms with Gasteiger partial charge in [-0.05, 0) is 40.1 Å². The Morgan fingerprint density at radius 2 is 1.18 bits per heavy atom. The molecular formula is C42H51N3O6. The molecule has 0 N–H and O–H groups in total. The number of rotatable bonds is 20. The Morgan fingerprint density at radius 3 is 1.71 bits per heavy atom. The molecule has 0 aromatic heterocycles. The van der Waals surface area contributed by atoms with Gasteiger partial charge >= 0.3 is 0 Å². The highest BCUT2D eigenvalue weighted by atomic mass is 16.7. The summed E-state index contributed by atoms with van der Waals surface area (Å²) in [5.41, 5.74) is 14.0. The van der Waals surface area contributed by atoms with Crippen LogP contribution in [0.3, 0.4) is 0 Å². The van der Waals surface area contributed by atoms with E-state index in [9.17, 15) is 5.53 Å². The lowest BCUT2D eigenvalue weighted by molar-refractivity contribution is -0.283. The molecule has 4 aromatic rings. The highest BCUT2D eigenvalue weighted by Crippen LogP contribution is 2.35. The fraction of sp³-hybridized carbons (Fsp3) is 0.429. The van der Waals surface area contributed by atoms with E-state index in [0.29, 0.717) is 39.5 Å². The van der Waals surface area contributed by atoms with E-state index in [4.69, 9.17) is 28.4 Å². The summed E-state index contributed by atoms with van der Waals surface area (Å²) in [6, 6.07) is 39.5. The molecule has 1 aliphatic rings. The number of nitrogens with zero attached hydrogens (tertiary/aromatic N) is 3. The molecule has 8 atom stereocenters. The first kappa shape index (κ1) is 38.2. The van der Waals surface area contributed by atoms with Crippen LogP contribution >= 0.6 is 0 Å². The standard InChI is InChI=1S/C42H51N3O6/c1-4-38(47-26-34-19-11-6-12-20-34)41(49-28-36-23-15-8-16-24-36)37(44-45-43)29-50-42-32(3)31(2)40(48-27-35-21-13-7-14-22-35)39(51-42)30-46-25-33-17-9-5-10-18-33/h5-24,31-32,37-42H,4,25-30H2,1-3H3/t31?,32?,37-,38+,39?,40?,41-,42?/m0/s1. The number of hydrogen-bond donors (Lipinski definition) is 0. The lowest BCUT2D eigenvalue weighted by Gasteiger charge is -2.44. The van der Waals surface area contributed by atoms with E-state index < -0.39 is 18.4 Å². The van der Waals surface area contributed by atoms with Crippen LogP contribution in [0.2, 0.25) is 0 Å². The minimum Gasteiger partial charge on any atom is -0.374 e. The van der Waals surface area contributed by atoms with E-state index in [1.807, 2.05) is 116 Å². The highest BCUT2D eigenvalue weighted by molar-refractivity contribution is 5.16. The molecule has 5 rings (SSSR count). The fourth-order valence-corrected chi connectivity index (χ4v) is 6.39. The molecule has 0 aliphatic carbocycles. The van der Waals surface area contributed by atoms with Gasteiger partial charge < -0.3 is 28.4 Å². The summed E-state index contributed by atoms with van der Waals surface area (Å²) in [7, 11) is 0. The van der Waals surface area contributed by atoms with Gasteiger partial charge in [-0.25, -0.2) is 0 Å². The molecule has 9 heteroatoms. The van der Waals surface area contributed by atoms with Gasteiger partial charge in [0, 0.05) is 10.8 Å². The van der Waals surface area contributed by atoms with Gasteiger partial charge in [0.15, 0.2) is 6.29 Å². The van der Waals surface area contributed by atoms with Gasteiger partial charge in [-0.3, -0.25) is 0 Å². The van der Waals surface area contributed by atoms with Crippen molar-refractivity contribution in [3.05, 3.63) is 154 Å². The summed E-state index contributed by atoms with van der Waals surface area (Å²) in [4.78, 5) is 3.22. The minimum absolute atomic E-state index is 0.0251. The number of azide groups is 1. The molecule has 0 amide bonds. The zero-order valence-corrected chi connectivity index (χ0v) is 29.9. The number of hydrogen-bond acceptors (Lipinski definition) is 7. The van der Waals surface area contributed by atoms with Crippen molar-refractivity contribution in [3.63, 3.8) is 0 Å². The molecule has 1 saturated heterocycles. The lowest BCUT2D eigenvalue weighted by Crippen LogP contribution is -2.53. The molecule has 1 aliphatic heterocycles. The van der Waals surface area contributed by atoms with Gasteiger partial charge in [0.1, 0.15) is 6.10 Å². The van der Waals surface area contributed by atoms with Crippen molar-refractivity contribution in [2.24, 2.45) is 17.0 Å². The van der Waals surface area contributed by atoms with Gasteiger partial charge in [-0.1, -0.05) is 147 Å². The Hall–Kier alpha value is -4.05. The summed E-state index contributed by atoms with van der Waals surface area (Å²) in [6.07, 6.45) is -1.46. The molecule has 0 spiro atoms. The molecule has 4 aromatic carbocycles. The number of benzene rings is 4. The van der Waals surface area contributed by atoms with Crippen molar-refractivity contribution in [2.45, 2.75) is 90.4 Å². The van der Waals surface area contributed by atoms with Crippen molar-refractivity contribution in [2.75, 3.05) is 13.2 Å². The summed E-state index contributed by atoms with van der Waals surface area (Å²) >= 11 is 0. The average Bonchev–Trinajstić information content (AvgIpc) is 3.18. The van der Waals surface area contributed by atoms with Crippen LogP contribution in [0.1, 0.15) is 49.4 Å². The number of ether oxygens (including phenoxy) is 6. The maximum Gasteiger partial charge on any atom is 0.161 e. The van der Waals surface area contributed by atoms with Crippen LogP contribution in [0, 0.1) is 11.8 Å². The third kappa shape index (κ3) is 11.7. The largest absolute Gasteiger partial charge is 0.374 e. The maximum atomic E-state index is 9.73. The molecule has 1 fully saturated rings. The normalized spacial score (nSPS) is 22.1. The first-order valence-electron chi connectivity index (χ1n) is 17.9. The van der Waals surface area contributed by atoms with E-state index in [0.717, 1.165) is 22.3 Å². The minimum atomic E-state index is -0.676. The smallest absolute Gasteiger partial charge is 0.161 e. The summed E-state index contributed by atoms with van der Waals surface area (Å²) in [5, 5.41) is 4.21. The molecule has 0 saturated carbocycles. The summed E-state index contributed by atoms with van der Waals surface area (Å²) in [5.74, 6) is 0.0567. The monoisotopic (exact) mass is 693 g/mol. The van der Waals surface area contributed by atoms with Gasteiger partial charge in [-0.2, -0.15) is 0 Å². The Balaban J connectivity index is 1.30. The van der Waals surface area contributed by atoms with Crippen molar-refractivity contribution in [1.29, 1.82) is 0 Å². The second-order valence-corrected chi connectivity index (χ2v) is 13.1. The van der Waals surface area contributed by atoms with Gasteiger partial charge in [0.2, 0.25) is 0 Å². The zero-order valence-electron chi connectivity index (χ0n) is 29.9. The summed E-state index contributed by atoms with van der Waals surface area (Å²) in [6.45, 7) is 8.42. The fourth-order valence-electron chi connectivity index (χ4n) is 6.39. The lowest BCUT2D eigenvalue weighted by atomic mass is 9.84. The van der Waals surface area contributed by atoms with Crippen molar-refractivity contribution >= 4 is 0 Å². The third-order valence-electron chi connectivity index (χ3n) is 9.50. The molecule has 51 heavy (non-hydrogen) atoms. The first-order valence-corrected chi connectivity index (χ1v) is 17.9. The maximum absolute atomic E-state index is 9.73. The molecule has 9 nitrogen and oxygen atoms in total. The molecule has 270 valence electrons. The Bertz CT molecular complexity index is 1580. The molecule has 0 bridgehead atoms. The van der Waals surface area contributed by atoms with E-state index >= 15 is 0 Å². The van der Waals surface area contributed by atoms with Crippen molar-refractivity contribution in [1.82, 2.24) is 0 Å². The quantitative estimate of drug-likeness (QED) is 0.0520. The molecule has 5 unspecified atom stereocenters. The molecule has 1 heterocycles. The van der Waals surface area contributed by atoms with Crippen molar-refractivity contribution in [3.8, 4) is 0 Å². The van der Waals surface area contributed by atoms with Gasteiger partial charge in [-0.15, -0.1) is 0 Å². The van der Waals surface area contributed by atoms with Crippen molar-refractivity contribution < 1.29 is 28.4 Å². The van der Waals surface area contributed by atoms with E-state index in [1.54, 1.807) is 0 Å². The van der Waals surface area contributed by atoms with Crippen LogP contribution in [-0.2, 0) is 54.8 Å². The van der Waals surface area contributed by atoms with E-state index in [-0.39, 0.29) is 36.8 Å². The Labute approximate surface area is 302 Å². The van der Waals surface area contributed by atoms with Crippen LogP contribution in [0.5, 0.6) is 0 Å². The Kier molecular flexibility index (Phi) is 15.5. The molecule has 0 radical (unpaired) electrons. The second-order valence-electron chi connectivity index (χ2n) is 13.1. The van der Waals surface area contributed by atoms with Gasteiger partial charge in [0.05, 0.1) is 64.0 Å². The van der Waals surface area contributed by atoms with Gasteiger partial charge in [0.25, 0.3) is 0 Å². The van der Waals surface area contributed by atoms with Crippen LogP contribution in [0.25, 0.3) is 10.4 Å². The topological polar surface area (TPSA) is 104 Å². The SMILES string of the molecule is CC[C@@H](OCc1ccccc1)[C@@H](OCc1ccccc1)[C@H](COC1OC(COCc2ccccc2)C(OCc2ccccc2)C(C)C1C)N=[N+]=[N-]. The second kappa shape index (κ2) is 20.7. The summed E-state index contributed by atoms with van der Waals surface area (Å²) < 4.78 is 38.9. The van der Waals surface area contributed by atoms with Crippen LogP contribution in [-0.4, -0.2) is 50.0 Å². The molecular weight excluding hydrogens is 642 g/mol. The van der Waals surface area contributed by atoms with Crippen LogP contribution in [0.15, 0.2) is 126 Å². The first-order chi connectivity index (χ1) is 25.1. The predicted octanol–water partition coefficient (Wildman–Crippen LogP) is 9.06. The Morgan fingerprint density at radius 1 is 0.667 bits per heavy atom.